The number of anilines is 2. The number of benzene rings is 3. The van der Waals surface area contributed by atoms with E-state index in [9.17, 15) is 19.7 Å². The molecule has 1 heterocycles. The van der Waals surface area contributed by atoms with E-state index in [0.29, 0.717) is 22.5 Å². The number of carbonyl (C=O) groups excluding carboxylic acids is 2. The highest BCUT2D eigenvalue weighted by Crippen LogP contribution is 2.27. The molecule has 0 saturated carbocycles. The summed E-state index contributed by atoms with van der Waals surface area (Å²) in [6.07, 6.45) is 0. The summed E-state index contributed by atoms with van der Waals surface area (Å²) in [7, 11) is 0. The third-order valence-corrected chi connectivity index (χ3v) is 5.22. The number of nitrogens with zero attached hydrogens (tertiary/aromatic N) is 1. The zero-order valence-corrected chi connectivity index (χ0v) is 18.5. The first-order valence-electron chi connectivity index (χ1n) is 10.4. The predicted octanol–water partition coefficient (Wildman–Crippen LogP) is 5.23. The standard InChI is InChI=1S/C25H21N3O6/c1-15-12-18(26-24(29)14-33-21-9-5-7-20(16(21)2)28(31)32)10-11-19(15)27-25(30)23-13-17-6-3-4-8-22(17)34-23/h3-13H,14H2,1-2H3,(H,26,29)(H,27,30). The molecule has 4 aromatic rings. The molecule has 2 amide bonds. The molecule has 0 saturated heterocycles. The van der Waals surface area contributed by atoms with E-state index >= 15 is 0 Å². The summed E-state index contributed by atoms with van der Waals surface area (Å²) >= 11 is 0. The van der Waals surface area contributed by atoms with Crippen molar-refractivity contribution < 1.29 is 23.7 Å². The summed E-state index contributed by atoms with van der Waals surface area (Å²) in [5, 5.41) is 17.4. The Morgan fingerprint density at radius 2 is 1.79 bits per heavy atom. The van der Waals surface area contributed by atoms with Crippen LogP contribution in [-0.4, -0.2) is 23.3 Å². The number of aryl methyl sites for hydroxylation is 1. The lowest BCUT2D eigenvalue weighted by Crippen LogP contribution is -2.20. The summed E-state index contributed by atoms with van der Waals surface area (Å²) in [6.45, 7) is 3.05. The van der Waals surface area contributed by atoms with Gasteiger partial charge in [0.05, 0.1) is 10.5 Å². The highest BCUT2D eigenvalue weighted by atomic mass is 16.6. The zero-order valence-electron chi connectivity index (χ0n) is 18.5. The number of hydrogen-bond acceptors (Lipinski definition) is 6. The molecule has 0 aliphatic carbocycles. The third kappa shape index (κ3) is 4.88. The molecule has 3 aromatic carbocycles. The van der Waals surface area contributed by atoms with E-state index in [2.05, 4.69) is 10.6 Å². The molecule has 34 heavy (non-hydrogen) atoms. The van der Waals surface area contributed by atoms with Gasteiger partial charge in [0.25, 0.3) is 17.5 Å². The molecule has 1 aromatic heterocycles. The maximum atomic E-state index is 12.6. The van der Waals surface area contributed by atoms with Gasteiger partial charge in [-0.15, -0.1) is 0 Å². The van der Waals surface area contributed by atoms with Gasteiger partial charge in [-0.05, 0) is 55.8 Å². The number of amides is 2. The van der Waals surface area contributed by atoms with Crippen molar-refractivity contribution in [1.29, 1.82) is 0 Å². The Balaban J connectivity index is 1.37. The molecule has 0 radical (unpaired) electrons. The quantitative estimate of drug-likeness (QED) is 0.288. The Bertz CT molecular complexity index is 1380. The SMILES string of the molecule is Cc1cc(NC(=O)COc2cccc([N+](=O)[O-])c2C)ccc1NC(=O)c1cc2ccccc2o1. The van der Waals surface area contributed by atoms with Crippen molar-refractivity contribution in [2.24, 2.45) is 0 Å². The second-order valence-electron chi connectivity index (χ2n) is 7.63. The van der Waals surface area contributed by atoms with Crippen molar-refractivity contribution in [2.45, 2.75) is 13.8 Å². The van der Waals surface area contributed by atoms with Crippen molar-refractivity contribution in [1.82, 2.24) is 0 Å². The minimum atomic E-state index is -0.500. The monoisotopic (exact) mass is 459 g/mol. The normalized spacial score (nSPS) is 10.6. The van der Waals surface area contributed by atoms with Crippen LogP contribution in [0.3, 0.4) is 0 Å². The first-order valence-corrected chi connectivity index (χ1v) is 10.4. The number of nitrogens with one attached hydrogen (secondary N) is 2. The van der Waals surface area contributed by atoms with Crippen LogP contribution in [0.25, 0.3) is 11.0 Å². The van der Waals surface area contributed by atoms with Gasteiger partial charge in [-0.25, -0.2) is 0 Å². The molecule has 172 valence electrons. The molecule has 9 heteroatoms. The number of fused-ring (bicyclic) bond motifs is 1. The predicted molar refractivity (Wildman–Crippen MR) is 127 cm³/mol. The minimum Gasteiger partial charge on any atom is -0.483 e. The molecule has 0 aliphatic heterocycles. The fraction of sp³-hybridized carbons (Fsp3) is 0.120. The molecule has 0 unspecified atom stereocenters. The topological polar surface area (TPSA) is 124 Å². The maximum absolute atomic E-state index is 12.6. The third-order valence-electron chi connectivity index (χ3n) is 5.22. The van der Waals surface area contributed by atoms with Gasteiger partial charge in [0.2, 0.25) is 0 Å². The van der Waals surface area contributed by atoms with E-state index in [1.54, 1.807) is 50.2 Å². The number of ether oxygens (including phenoxy) is 1. The maximum Gasteiger partial charge on any atom is 0.291 e. The molecule has 0 bridgehead atoms. The molecule has 0 spiro atoms. The van der Waals surface area contributed by atoms with Gasteiger partial charge < -0.3 is 19.8 Å². The van der Waals surface area contributed by atoms with Gasteiger partial charge in [0, 0.05) is 22.8 Å². The van der Waals surface area contributed by atoms with Gasteiger partial charge in [0.1, 0.15) is 11.3 Å². The van der Waals surface area contributed by atoms with Crippen molar-refractivity contribution in [2.75, 3.05) is 17.2 Å². The summed E-state index contributed by atoms with van der Waals surface area (Å²) in [4.78, 5) is 35.4. The van der Waals surface area contributed by atoms with Gasteiger partial charge in [0.15, 0.2) is 12.4 Å². The number of nitro benzene ring substituents is 1. The number of nitro groups is 1. The lowest BCUT2D eigenvalue weighted by atomic mass is 10.1. The summed E-state index contributed by atoms with van der Waals surface area (Å²) in [5.74, 6) is -0.336. The van der Waals surface area contributed by atoms with Crippen molar-refractivity contribution in [3.05, 3.63) is 93.7 Å². The zero-order chi connectivity index (χ0) is 24.2. The number of para-hydroxylation sites is 1. The minimum absolute atomic E-state index is 0.0752. The number of carbonyl (C=O) groups is 2. The van der Waals surface area contributed by atoms with E-state index in [-0.39, 0.29) is 29.7 Å². The summed E-state index contributed by atoms with van der Waals surface area (Å²) in [5.41, 5.74) is 2.73. The molecule has 2 N–H and O–H groups in total. The van der Waals surface area contributed by atoms with Crippen LogP contribution in [0.2, 0.25) is 0 Å². The Kier molecular flexibility index (Phi) is 6.26. The first-order chi connectivity index (χ1) is 16.3. The highest BCUT2D eigenvalue weighted by molar-refractivity contribution is 6.05. The van der Waals surface area contributed by atoms with E-state index in [1.807, 2.05) is 18.2 Å². The largest absolute Gasteiger partial charge is 0.483 e. The van der Waals surface area contributed by atoms with Crippen LogP contribution in [0, 0.1) is 24.0 Å². The molecule has 0 fully saturated rings. The van der Waals surface area contributed by atoms with Crippen LogP contribution in [-0.2, 0) is 4.79 Å². The second kappa shape index (κ2) is 9.45. The van der Waals surface area contributed by atoms with E-state index in [1.165, 1.54) is 12.1 Å². The molecule has 0 atom stereocenters. The number of rotatable bonds is 7. The van der Waals surface area contributed by atoms with Crippen LogP contribution in [0.5, 0.6) is 5.75 Å². The number of hydrogen-bond donors (Lipinski definition) is 2. The Hall–Kier alpha value is -4.66. The van der Waals surface area contributed by atoms with Gasteiger partial charge in [-0.3, -0.25) is 19.7 Å². The van der Waals surface area contributed by atoms with Crippen LogP contribution in [0.4, 0.5) is 17.1 Å². The fourth-order valence-corrected chi connectivity index (χ4v) is 3.46. The molecule has 9 nitrogen and oxygen atoms in total. The van der Waals surface area contributed by atoms with E-state index < -0.39 is 10.8 Å². The molecule has 0 aliphatic rings. The molecule has 4 rings (SSSR count). The van der Waals surface area contributed by atoms with Gasteiger partial charge in [-0.1, -0.05) is 24.3 Å². The Morgan fingerprint density at radius 1 is 1.00 bits per heavy atom. The lowest BCUT2D eigenvalue weighted by molar-refractivity contribution is -0.385. The second-order valence-corrected chi connectivity index (χ2v) is 7.63. The summed E-state index contributed by atoms with van der Waals surface area (Å²) < 4.78 is 11.0. The lowest BCUT2D eigenvalue weighted by Gasteiger charge is -2.12. The van der Waals surface area contributed by atoms with Crippen LogP contribution in [0.15, 0.2) is 71.1 Å². The van der Waals surface area contributed by atoms with Crippen molar-refractivity contribution in [3.63, 3.8) is 0 Å². The fourth-order valence-electron chi connectivity index (χ4n) is 3.46. The average Bonchev–Trinajstić information content (AvgIpc) is 3.24. The highest BCUT2D eigenvalue weighted by Gasteiger charge is 2.16. The van der Waals surface area contributed by atoms with E-state index in [4.69, 9.17) is 9.15 Å². The first kappa shape index (κ1) is 22.5. The Morgan fingerprint density at radius 3 is 2.53 bits per heavy atom. The van der Waals surface area contributed by atoms with Gasteiger partial charge in [-0.2, -0.15) is 0 Å². The number of furan rings is 1. The molecular formula is C25H21N3O6. The van der Waals surface area contributed by atoms with E-state index in [0.717, 1.165) is 10.9 Å². The van der Waals surface area contributed by atoms with Crippen LogP contribution < -0.4 is 15.4 Å². The van der Waals surface area contributed by atoms with Crippen LogP contribution >= 0.6 is 0 Å². The van der Waals surface area contributed by atoms with Crippen molar-refractivity contribution in [3.8, 4) is 5.75 Å². The van der Waals surface area contributed by atoms with Crippen molar-refractivity contribution >= 4 is 39.8 Å². The van der Waals surface area contributed by atoms with Gasteiger partial charge >= 0.3 is 0 Å². The average molecular weight is 459 g/mol. The summed E-state index contributed by atoms with van der Waals surface area (Å²) in [6, 6.07) is 18.5. The van der Waals surface area contributed by atoms with Crippen LogP contribution in [0.1, 0.15) is 21.7 Å². The smallest absolute Gasteiger partial charge is 0.291 e. The Labute approximate surface area is 194 Å². The molecular weight excluding hydrogens is 438 g/mol.